The molecule has 0 aliphatic rings. The molecule has 1 unspecified atom stereocenters. The van der Waals surface area contributed by atoms with Crippen molar-refractivity contribution in [2.75, 3.05) is 5.73 Å². The van der Waals surface area contributed by atoms with E-state index in [9.17, 15) is 0 Å². The fourth-order valence-electron chi connectivity index (χ4n) is 10.9. The average Bonchev–Trinajstić information content (AvgIpc) is 4.05. The van der Waals surface area contributed by atoms with E-state index >= 15 is 0 Å². The lowest BCUT2D eigenvalue weighted by atomic mass is 9.85. The second-order valence-electron chi connectivity index (χ2n) is 17.7. The van der Waals surface area contributed by atoms with Gasteiger partial charge in [0.1, 0.15) is 5.82 Å². The summed E-state index contributed by atoms with van der Waals surface area (Å²) in [6.45, 7) is 4.06. The molecule has 5 heteroatoms. The van der Waals surface area contributed by atoms with Crippen molar-refractivity contribution in [1.29, 1.82) is 0 Å². The topological polar surface area (TPSA) is 53.7 Å². The van der Waals surface area contributed by atoms with Crippen LogP contribution >= 0.6 is 0 Å². The number of para-hydroxylation sites is 5. The summed E-state index contributed by atoms with van der Waals surface area (Å²) in [4.78, 5) is 5.39. The average molecular weight is 884 g/mol. The first-order valence-corrected chi connectivity index (χ1v) is 23.5. The van der Waals surface area contributed by atoms with E-state index in [1.165, 1.54) is 37.9 Å². The normalized spacial score (nSPS) is 12.3. The second kappa shape index (κ2) is 16.3. The van der Waals surface area contributed by atoms with E-state index in [0.29, 0.717) is 0 Å². The molecule has 0 radical (unpaired) electrons. The van der Waals surface area contributed by atoms with Crippen LogP contribution in [0.5, 0.6) is 0 Å². The minimum absolute atomic E-state index is 0.0804. The third-order valence-corrected chi connectivity index (χ3v) is 13.9. The summed E-state index contributed by atoms with van der Waals surface area (Å²) in [5.41, 5.74) is 22.8. The van der Waals surface area contributed by atoms with E-state index in [-0.39, 0.29) is 5.92 Å². The number of hydrogen-bond donors (Lipinski definition) is 1. The Kier molecular flexibility index (Phi) is 9.48. The number of allylic oxidation sites excluding steroid dienone is 3. The smallest absolute Gasteiger partial charge is 0.138 e. The molecular weight excluding hydrogens is 839 g/mol. The van der Waals surface area contributed by atoms with Crippen LogP contribution in [0.4, 0.5) is 5.69 Å². The molecule has 2 N–H and O–H groups in total. The Bertz CT molecular complexity index is 4140. The van der Waals surface area contributed by atoms with Crippen molar-refractivity contribution in [2.24, 2.45) is 0 Å². The predicted molar refractivity (Wildman–Crippen MR) is 290 cm³/mol. The zero-order chi connectivity index (χ0) is 46.0. The molecule has 13 aromatic rings. The molecule has 9 aromatic carbocycles. The molecule has 13 rings (SSSR count). The number of anilines is 1. The van der Waals surface area contributed by atoms with Gasteiger partial charge in [-0.25, -0.2) is 4.98 Å². The van der Waals surface area contributed by atoms with E-state index in [1.54, 1.807) is 0 Å². The van der Waals surface area contributed by atoms with Gasteiger partial charge in [0.15, 0.2) is 0 Å². The Morgan fingerprint density at radius 3 is 1.57 bits per heavy atom. The molecule has 1 atom stereocenters. The van der Waals surface area contributed by atoms with Gasteiger partial charge in [0.25, 0.3) is 0 Å². The third kappa shape index (κ3) is 6.43. The number of hydrogen-bond acceptors (Lipinski definition) is 2. The molecule has 0 bridgehead atoms. The highest BCUT2D eigenvalue weighted by atomic mass is 15.1. The molecule has 0 amide bonds. The molecule has 0 saturated heterocycles. The lowest BCUT2D eigenvalue weighted by Crippen LogP contribution is -2.04. The van der Waals surface area contributed by atoms with Crippen LogP contribution in [0, 0.1) is 0 Å². The van der Waals surface area contributed by atoms with Gasteiger partial charge in [-0.05, 0) is 83.4 Å². The molecule has 0 aliphatic heterocycles. The highest BCUT2D eigenvalue weighted by molar-refractivity contribution is 6.24. The van der Waals surface area contributed by atoms with Crippen LogP contribution in [0.2, 0.25) is 0 Å². The quantitative estimate of drug-likeness (QED) is 0.116. The van der Waals surface area contributed by atoms with Gasteiger partial charge in [-0.2, -0.15) is 0 Å². The van der Waals surface area contributed by atoms with Crippen LogP contribution < -0.4 is 5.73 Å². The van der Waals surface area contributed by atoms with E-state index in [1.807, 2.05) is 18.2 Å². The van der Waals surface area contributed by atoms with Crippen LogP contribution in [0.3, 0.4) is 0 Å². The van der Waals surface area contributed by atoms with Gasteiger partial charge >= 0.3 is 0 Å². The molecule has 0 aliphatic carbocycles. The molecule has 0 fully saturated rings. The van der Waals surface area contributed by atoms with E-state index in [4.69, 9.17) is 10.7 Å². The van der Waals surface area contributed by atoms with Gasteiger partial charge in [0.2, 0.25) is 0 Å². The molecule has 5 nitrogen and oxygen atoms in total. The lowest BCUT2D eigenvalue weighted by molar-refractivity contribution is 1.02. The van der Waals surface area contributed by atoms with Crippen molar-refractivity contribution in [3.63, 3.8) is 0 Å². The van der Waals surface area contributed by atoms with Gasteiger partial charge < -0.3 is 14.9 Å². The van der Waals surface area contributed by atoms with Crippen molar-refractivity contribution in [2.45, 2.75) is 5.92 Å². The zero-order valence-electron chi connectivity index (χ0n) is 37.7. The summed E-state index contributed by atoms with van der Waals surface area (Å²) in [6, 6.07) is 80.4. The van der Waals surface area contributed by atoms with Crippen LogP contribution in [0.1, 0.15) is 17.0 Å². The van der Waals surface area contributed by atoms with Crippen molar-refractivity contribution in [3.05, 3.63) is 260 Å². The Morgan fingerprint density at radius 2 is 0.942 bits per heavy atom. The van der Waals surface area contributed by atoms with E-state index in [2.05, 4.69) is 245 Å². The van der Waals surface area contributed by atoms with Gasteiger partial charge in [-0.3, -0.25) is 4.57 Å². The van der Waals surface area contributed by atoms with E-state index < -0.39 is 0 Å². The summed E-state index contributed by atoms with van der Waals surface area (Å²) < 4.78 is 7.22. The second-order valence-corrected chi connectivity index (χ2v) is 17.7. The summed E-state index contributed by atoms with van der Waals surface area (Å²) in [6.07, 6.45) is 6.15. The van der Waals surface area contributed by atoms with E-state index in [0.717, 1.165) is 83.9 Å². The number of rotatable bonds is 9. The lowest BCUT2D eigenvalue weighted by Gasteiger charge is -2.20. The molecule has 0 spiro atoms. The minimum atomic E-state index is -0.0804. The number of nitrogens with zero attached hydrogens (tertiary/aromatic N) is 4. The standard InChI is InChI=1S/C64H45N5/c1-2-3-23-46(47-24-4-5-25-48(47)49-26-6-11-31-56(49)65)42-19-16-21-44(40-42)67-58-33-12-9-29-52(58)54-38-39-55-53-30-10-13-34-59(53)68(64(55)63(54)67)45-22-17-20-43(41-45)57-32-18-37-62(66-57)69-60-35-14-7-27-50(60)51-28-8-15-36-61(51)69/h2-41,46H,1,65H2/b23-3-. The van der Waals surface area contributed by atoms with Crippen LogP contribution in [0.25, 0.3) is 105 Å². The summed E-state index contributed by atoms with van der Waals surface area (Å²) in [5, 5.41) is 7.21. The first-order valence-electron chi connectivity index (χ1n) is 23.5. The zero-order valence-corrected chi connectivity index (χ0v) is 37.7. The molecule has 0 saturated carbocycles. The predicted octanol–water partition coefficient (Wildman–Crippen LogP) is 16.2. The fraction of sp³-hybridized carbons (Fsp3) is 0.0156. The molecule has 4 aromatic heterocycles. The maximum Gasteiger partial charge on any atom is 0.138 e. The maximum atomic E-state index is 6.63. The van der Waals surface area contributed by atoms with Gasteiger partial charge in [0.05, 0.1) is 38.8 Å². The molecule has 4 heterocycles. The maximum absolute atomic E-state index is 6.63. The Balaban J connectivity index is 1.02. The summed E-state index contributed by atoms with van der Waals surface area (Å²) in [5.74, 6) is 0.804. The molecule has 326 valence electrons. The number of benzene rings is 9. The first-order chi connectivity index (χ1) is 34.1. The Hall–Kier alpha value is -9.19. The molecular formula is C64H45N5. The third-order valence-electron chi connectivity index (χ3n) is 13.9. The number of nitrogen functional groups attached to an aromatic ring is 1. The van der Waals surface area contributed by atoms with Gasteiger partial charge in [0, 0.05) is 66.4 Å². The monoisotopic (exact) mass is 883 g/mol. The number of nitrogens with two attached hydrogens (primary N) is 1. The van der Waals surface area contributed by atoms with Gasteiger partial charge in [-0.15, -0.1) is 0 Å². The fourth-order valence-corrected chi connectivity index (χ4v) is 10.9. The highest BCUT2D eigenvalue weighted by Crippen LogP contribution is 2.44. The first kappa shape index (κ1) is 40.1. The number of fused-ring (bicyclic) bond motifs is 10. The Morgan fingerprint density at radius 1 is 0.435 bits per heavy atom. The van der Waals surface area contributed by atoms with Crippen molar-refractivity contribution >= 4 is 71.1 Å². The van der Waals surface area contributed by atoms with Crippen LogP contribution in [0.15, 0.2) is 249 Å². The van der Waals surface area contributed by atoms with Crippen molar-refractivity contribution in [3.8, 4) is 39.6 Å². The van der Waals surface area contributed by atoms with Crippen LogP contribution in [-0.4, -0.2) is 18.7 Å². The highest BCUT2D eigenvalue weighted by Gasteiger charge is 2.23. The minimum Gasteiger partial charge on any atom is -0.398 e. The largest absolute Gasteiger partial charge is 0.398 e. The summed E-state index contributed by atoms with van der Waals surface area (Å²) in [7, 11) is 0. The Labute approximate surface area is 399 Å². The van der Waals surface area contributed by atoms with Crippen molar-refractivity contribution in [1.82, 2.24) is 18.7 Å². The summed E-state index contributed by atoms with van der Waals surface area (Å²) >= 11 is 0. The van der Waals surface area contributed by atoms with Crippen LogP contribution in [-0.2, 0) is 0 Å². The SMILES string of the molecule is C=C/C=C\C(c1cccc(-n2c3ccccc3c3ccc4c5ccccc5n(-c5cccc(-c6cccc(-n7c8ccccc8c8ccccc87)n6)c5)c4c32)c1)c1ccccc1-c1ccccc1N. The number of pyridine rings is 1. The molecule has 69 heavy (non-hydrogen) atoms. The van der Waals surface area contributed by atoms with Gasteiger partial charge in [-0.1, -0.05) is 183 Å². The van der Waals surface area contributed by atoms with Crippen molar-refractivity contribution < 1.29 is 0 Å². The number of aromatic nitrogens is 4.